The lowest BCUT2D eigenvalue weighted by Gasteiger charge is -2.15. The van der Waals surface area contributed by atoms with Gasteiger partial charge >= 0.3 is 0 Å². The molecule has 0 heterocycles. The number of nitrogens with zero attached hydrogens (tertiary/aromatic N) is 2. The Kier molecular flexibility index (Phi) is 7.31. The Morgan fingerprint density at radius 2 is 1.75 bits per heavy atom. The second-order valence-corrected chi connectivity index (χ2v) is 5.22. The van der Waals surface area contributed by atoms with Crippen molar-refractivity contribution in [2.75, 3.05) is 0 Å². The van der Waals surface area contributed by atoms with E-state index in [1.165, 1.54) is 5.57 Å². The van der Waals surface area contributed by atoms with Gasteiger partial charge in [0.25, 0.3) is 0 Å². The fourth-order valence-electron chi connectivity index (χ4n) is 1.66. The van der Waals surface area contributed by atoms with E-state index < -0.39 is 0 Å². The Labute approximate surface area is 99.6 Å². The number of unbranched alkanes of at least 4 members (excludes halogenated alkanes) is 3. The largest absolute Gasteiger partial charge is 0.198 e. The second kappa shape index (κ2) is 7.94. The van der Waals surface area contributed by atoms with Crippen molar-refractivity contribution in [3.05, 3.63) is 11.6 Å². The van der Waals surface area contributed by atoms with E-state index in [4.69, 9.17) is 10.5 Å². The Balaban J connectivity index is 4.02. The zero-order chi connectivity index (χ0) is 12.4. The van der Waals surface area contributed by atoms with Crippen LogP contribution in [0.3, 0.4) is 0 Å². The Bertz CT molecular complexity index is 294. The van der Waals surface area contributed by atoms with Gasteiger partial charge in [-0.2, -0.15) is 10.5 Å². The van der Waals surface area contributed by atoms with E-state index >= 15 is 0 Å². The summed E-state index contributed by atoms with van der Waals surface area (Å²) in [5.74, 6) is 0. The third-order valence-corrected chi connectivity index (χ3v) is 2.23. The number of nitriles is 2. The quantitative estimate of drug-likeness (QED) is 0.491. The molecule has 2 heteroatoms. The molecule has 0 bridgehead atoms. The smallest absolute Gasteiger partial charge is 0.0666 e. The standard InChI is InChI=1S/C14H22N2/c1-14(2,3)12-13(9-11-16)8-6-4-5-7-10-15/h12H,4-9H2,1-3H3. The van der Waals surface area contributed by atoms with Gasteiger partial charge in [-0.05, 0) is 24.7 Å². The molecule has 0 spiro atoms. The van der Waals surface area contributed by atoms with Crippen LogP contribution in [-0.4, -0.2) is 0 Å². The average Bonchev–Trinajstić information content (AvgIpc) is 2.15. The van der Waals surface area contributed by atoms with E-state index in [2.05, 4.69) is 39.0 Å². The van der Waals surface area contributed by atoms with E-state index in [-0.39, 0.29) is 5.41 Å². The highest BCUT2D eigenvalue weighted by Gasteiger charge is 2.08. The van der Waals surface area contributed by atoms with Gasteiger partial charge in [-0.25, -0.2) is 0 Å². The van der Waals surface area contributed by atoms with Crippen LogP contribution < -0.4 is 0 Å². The van der Waals surface area contributed by atoms with Crippen LogP contribution in [0.1, 0.15) is 59.3 Å². The average molecular weight is 218 g/mol. The van der Waals surface area contributed by atoms with E-state index in [0.717, 1.165) is 25.7 Å². The summed E-state index contributed by atoms with van der Waals surface area (Å²) in [6.07, 6.45) is 7.54. The van der Waals surface area contributed by atoms with Crippen molar-refractivity contribution < 1.29 is 0 Å². The minimum absolute atomic E-state index is 0.152. The first-order valence-electron chi connectivity index (χ1n) is 5.94. The monoisotopic (exact) mass is 218 g/mol. The van der Waals surface area contributed by atoms with Crippen LogP contribution in [-0.2, 0) is 0 Å². The highest BCUT2D eigenvalue weighted by molar-refractivity contribution is 5.11. The van der Waals surface area contributed by atoms with Gasteiger partial charge in [-0.3, -0.25) is 0 Å². The molecule has 0 rings (SSSR count). The van der Waals surface area contributed by atoms with Crippen molar-refractivity contribution in [2.24, 2.45) is 5.41 Å². The molecule has 0 unspecified atom stereocenters. The van der Waals surface area contributed by atoms with Gasteiger partial charge in [-0.1, -0.05) is 38.8 Å². The fourth-order valence-corrected chi connectivity index (χ4v) is 1.66. The zero-order valence-electron chi connectivity index (χ0n) is 10.7. The van der Waals surface area contributed by atoms with Crippen LogP contribution in [0.4, 0.5) is 0 Å². The predicted octanol–water partition coefficient (Wildman–Crippen LogP) is 4.35. The number of rotatable bonds is 6. The van der Waals surface area contributed by atoms with Crippen LogP contribution in [0, 0.1) is 28.1 Å². The molecule has 0 fully saturated rings. The molecule has 0 saturated heterocycles. The summed E-state index contributed by atoms with van der Waals surface area (Å²) >= 11 is 0. The van der Waals surface area contributed by atoms with Gasteiger partial charge in [0.15, 0.2) is 0 Å². The third-order valence-electron chi connectivity index (χ3n) is 2.23. The van der Waals surface area contributed by atoms with Crippen molar-refractivity contribution in [3.8, 4) is 12.1 Å². The van der Waals surface area contributed by atoms with Crippen molar-refractivity contribution >= 4 is 0 Å². The second-order valence-electron chi connectivity index (χ2n) is 5.22. The normalized spacial score (nSPS) is 11.9. The molecule has 0 radical (unpaired) electrons. The predicted molar refractivity (Wildman–Crippen MR) is 66.5 cm³/mol. The Hall–Kier alpha value is -1.28. The molecule has 0 aromatic carbocycles. The van der Waals surface area contributed by atoms with Crippen LogP contribution >= 0.6 is 0 Å². The number of hydrogen-bond acceptors (Lipinski definition) is 2. The van der Waals surface area contributed by atoms with Crippen LogP contribution in [0.25, 0.3) is 0 Å². The summed E-state index contributed by atoms with van der Waals surface area (Å²) in [4.78, 5) is 0. The molecule has 0 N–H and O–H groups in total. The Morgan fingerprint density at radius 1 is 1.06 bits per heavy atom. The lowest BCUT2D eigenvalue weighted by atomic mass is 9.90. The van der Waals surface area contributed by atoms with Crippen LogP contribution in [0.2, 0.25) is 0 Å². The van der Waals surface area contributed by atoms with Crippen LogP contribution in [0.5, 0.6) is 0 Å². The SMILES string of the molecule is CC(C)(C)C=C(CC#N)CCCCCC#N. The molecule has 0 aliphatic heterocycles. The molecule has 0 aliphatic carbocycles. The van der Waals surface area contributed by atoms with Crippen molar-refractivity contribution in [2.45, 2.75) is 59.3 Å². The van der Waals surface area contributed by atoms with E-state index in [1.54, 1.807) is 0 Å². The van der Waals surface area contributed by atoms with E-state index in [9.17, 15) is 0 Å². The fraction of sp³-hybridized carbons (Fsp3) is 0.714. The first kappa shape index (κ1) is 14.7. The summed E-state index contributed by atoms with van der Waals surface area (Å²) in [5, 5.41) is 17.1. The maximum atomic E-state index is 8.74. The van der Waals surface area contributed by atoms with Crippen molar-refractivity contribution in [3.63, 3.8) is 0 Å². The van der Waals surface area contributed by atoms with Crippen molar-refractivity contribution in [1.82, 2.24) is 0 Å². The number of allylic oxidation sites excluding steroid dienone is 2. The van der Waals surface area contributed by atoms with Crippen molar-refractivity contribution in [1.29, 1.82) is 10.5 Å². The lowest BCUT2D eigenvalue weighted by Crippen LogP contribution is -2.01. The lowest BCUT2D eigenvalue weighted by molar-refractivity contribution is 0.534. The summed E-state index contributed by atoms with van der Waals surface area (Å²) in [5.41, 5.74) is 1.39. The Morgan fingerprint density at radius 3 is 2.25 bits per heavy atom. The highest BCUT2D eigenvalue weighted by Crippen LogP contribution is 2.22. The van der Waals surface area contributed by atoms with Gasteiger partial charge in [-0.15, -0.1) is 0 Å². The highest BCUT2D eigenvalue weighted by atomic mass is 14.2. The van der Waals surface area contributed by atoms with Crippen LogP contribution in [0.15, 0.2) is 11.6 Å². The van der Waals surface area contributed by atoms with Gasteiger partial charge in [0, 0.05) is 6.42 Å². The number of hydrogen-bond donors (Lipinski definition) is 0. The first-order chi connectivity index (χ1) is 7.49. The minimum Gasteiger partial charge on any atom is -0.198 e. The molecule has 0 atom stereocenters. The molecular formula is C14H22N2. The maximum absolute atomic E-state index is 8.74. The summed E-state index contributed by atoms with van der Waals surface area (Å²) in [7, 11) is 0. The van der Waals surface area contributed by atoms with E-state index in [1.807, 2.05) is 0 Å². The first-order valence-corrected chi connectivity index (χ1v) is 5.94. The van der Waals surface area contributed by atoms with Gasteiger partial charge in [0.05, 0.1) is 18.6 Å². The molecule has 2 nitrogen and oxygen atoms in total. The van der Waals surface area contributed by atoms with Gasteiger partial charge in [0.1, 0.15) is 0 Å². The minimum atomic E-state index is 0.152. The molecule has 0 aliphatic rings. The van der Waals surface area contributed by atoms with E-state index in [0.29, 0.717) is 12.8 Å². The molecule has 0 aromatic heterocycles. The van der Waals surface area contributed by atoms with Gasteiger partial charge < -0.3 is 0 Å². The molecular weight excluding hydrogens is 196 g/mol. The summed E-state index contributed by atoms with van der Waals surface area (Å²) < 4.78 is 0. The topological polar surface area (TPSA) is 47.6 Å². The molecule has 88 valence electrons. The zero-order valence-corrected chi connectivity index (χ0v) is 10.7. The molecule has 0 amide bonds. The summed E-state index contributed by atoms with van der Waals surface area (Å²) in [6.45, 7) is 6.46. The van der Waals surface area contributed by atoms with Gasteiger partial charge in [0.2, 0.25) is 0 Å². The molecule has 16 heavy (non-hydrogen) atoms. The molecule has 0 saturated carbocycles. The third kappa shape index (κ3) is 9.28. The summed E-state index contributed by atoms with van der Waals surface area (Å²) in [6, 6.07) is 4.37. The maximum Gasteiger partial charge on any atom is 0.0666 e. The molecule has 0 aromatic rings.